The molecule has 0 fully saturated rings. The van der Waals surface area contributed by atoms with Crippen molar-refractivity contribution in [3.63, 3.8) is 0 Å². The maximum atomic E-state index is 5.00. The van der Waals surface area contributed by atoms with E-state index >= 15 is 0 Å². The first kappa shape index (κ1) is 11.2. The number of methoxy groups -OCH3 is 1. The van der Waals surface area contributed by atoms with Gasteiger partial charge < -0.3 is 4.74 Å². The van der Waals surface area contributed by atoms with Gasteiger partial charge in [0.25, 0.3) is 0 Å². The van der Waals surface area contributed by atoms with Crippen LogP contribution in [0.1, 0.15) is 13.8 Å². The predicted molar refractivity (Wildman–Crippen MR) is 56.2 cm³/mol. The largest absolute Gasteiger partial charge is 0.501 e. The van der Waals surface area contributed by atoms with Crippen LogP contribution in [0.2, 0.25) is 0 Å². The van der Waals surface area contributed by atoms with Crippen molar-refractivity contribution >= 4 is 12.6 Å². The number of hydrogen-bond donors (Lipinski definition) is 1. The van der Waals surface area contributed by atoms with Crippen LogP contribution in [0.4, 0.5) is 0 Å². The van der Waals surface area contributed by atoms with Crippen LogP contribution in [0.25, 0.3) is 0 Å². The van der Waals surface area contributed by atoms with E-state index in [9.17, 15) is 0 Å². The summed E-state index contributed by atoms with van der Waals surface area (Å²) in [6.07, 6.45) is 3.84. The van der Waals surface area contributed by atoms with Crippen molar-refractivity contribution in [3.05, 3.63) is 23.5 Å². The third-order valence-corrected chi connectivity index (χ3v) is 1.46. The standard InChI is InChI=1S/C10H14OS/c1-4-10(6-5-7-12)8-9(2)11-3/h4,8,12H,7H2,1-3H3/b9-8+,10-4-. The Hall–Kier alpha value is -0.810. The maximum absolute atomic E-state index is 5.00. The van der Waals surface area contributed by atoms with Gasteiger partial charge in [0.05, 0.1) is 18.6 Å². The van der Waals surface area contributed by atoms with Crippen LogP contribution in [0.5, 0.6) is 0 Å². The van der Waals surface area contributed by atoms with Crippen molar-refractivity contribution in [2.45, 2.75) is 13.8 Å². The van der Waals surface area contributed by atoms with Crippen LogP contribution in [-0.4, -0.2) is 12.9 Å². The lowest BCUT2D eigenvalue weighted by atomic mass is 10.2. The highest BCUT2D eigenvalue weighted by molar-refractivity contribution is 7.80. The lowest BCUT2D eigenvalue weighted by molar-refractivity contribution is 0.293. The number of hydrogen-bond acceptors (Lipinski definition) is 2. The Kier molecular flexibility index (Phi) is 6.41. The number of allylic oxidation sites excluding steroid dienone is 4. The molecule has 12 heavy (non-hydrogen) atoms. The molecule has 2 heteroatoms. The Labute approximate surface area is 79.9 Å². The third kappa shape index (κ3) is 4.92. The van der Waals surface area contributed by atoms with E-state index in [1.807, 2.05) is 26.0 Å². The molecule has 0 aliphatic heterocycles. The summed E-state index contributed by atoms with van der Waals surface area (Å²) in [7, 11) is 1.64. The van der Waals surface area contributed by atoms with Gasteiger partial charge in [-0.25, -0.2) is 0 Å². The van der Waals surface area contributed by atoms with Crippen molar-refractivity contribution in [1.82, 2.24) is 0 Å². The minimum absolute atomic E-state index is 0.581. The molecule has 0 aliphatic carbocycles. The van der Waals surface area contributed by atoms with Crippen molar-refractivity contribution < 1.29 is 4.74 Å². The second-order valence-electron chi connectivity index (χ2n) is 2.16. The minimum Gasteiger partial charge on any atom is -0.501 e. The van der Waals surface area contributed by atoms with E-state index in [2.05, 4.69) is 24.5 Å². The van der Waals surface area contributed by atoms with Gasteiger partial charge in [-0.3, -0.25) is 0 Å². The van der Waals surface area contributed by atoms with E-state index in [0.29, 0.717) is 5.75 Å². The first-order chi connectivity index (χ1) is 5.74. The SMILES string of the molecule is C/C=C(C#CCS)\C=C(/C)OC. The fraction of sp³-hybridized carbons (Fsp3) is 0.400. The average molecular weight is 182 g/mol. The van der Waals surface area contributed by atoms with E-state index in [-0.39, 0.29) is 0 Å². The summed E-state index contributed by atoms with van der Waals surface area (Å²) < 4.78 is 5.00. The third-order valence-electron chi connectivity index (χ3n) is 1.30. The summed E-state index contributed by atoms with van der Waals surface area (Å²) in [6.45, 7) is 3.84. The van der Waals surface area contributed by atoms with Gasteiger partial charge in [0.2, 0.25) is 0 Å². The van der Waals surface area contributed by atoms with E-state index in [4.69, 9.17) is 4.74 Å². The van der Waals surface area contributed by atoms with Crippen molar-refractivity contribution in [2.24, 2.45) is 0 Å². The zero-order valence-electron chi connectivity index (χ0n) is 7.72. The summed E-state index contributed by atoms with van der Waals surface area (Å²) in [5.74, 6) is 7.28. The fourth-order valence-electron chi connectivity index (χ4n) is 0.611. The van der Waals surface area contributed by atoms with E-state index in [1.54, 1.807) is 7.11 Å². The van der Waals surface area contributed by atoms with Gasteiger partial charge in [-0.05, 0) is 19.9 Å². The molecule has 0 aromatic heterocycles. The quantitative estimate of drug-likeness (QED) is 0.299. The van der Waals surface area contributed by atoms with Crippen molar-refractivity contribution in [1.29, 1.82) is 0 Å². The average Bonchev–Trinajstić information content (AvgIpc) is 2.11. The molecule has 0 amide bonds. The monoisotopic (exact) mass is 182 g/mol. The van der Waals surface area contributed by atoms with Crippen molar-refractivity contribution in [2.75, 3.05) is 12.9 Å². The highest BCUT2D eigenvalue weighted by Crippen LogP contribution is 2.01. The van der Waals surface area contributed by atoms with E-state index in [1.165, 1.54) is 0 Å². The molecule has 0 aromatic carbocycles. The molecule has 0 radical (unpaired) electrons. The zero-order chi connectivity index (χ0) is 9.40. The number of thiol groups is 1. The highest BCUT2D eigenvalue weighted by Gasteiger charge is 1.87. The Bertz CT molecular complexity index is 240. The van der Waals surface area contributed by atoms with Gasteiger partial charge in [0, 0.05) is 5.57 Å². The van der Waals surface area contributed by atoms with Crippen molar-refractivity contribution in [3.8, 4) is 11.8 Å². The molecule has 0 heterocycles. The van der Waals surface area contributed by atoms with Crippen LogP contribution >= 0.6 is 12.6 Å². The van der Waals surface area contributed by atoms with Gasteiger partial charge in [0.15, 0.2) is 0 Å². The number of ether oxygens (including phenoxy) is 1. The predicted octanol–water partition coefficient (Wildman–Crippen LogP) is 2.42. The molecule has 1 nitrogen and oxygen atoms in total. The van der Waals surface area contributed by atoms with Crippen LogP contribution in [-0.2, 0) is 4.74 Å². The van der Waals surface area contributed by atoms with Gasteiger partial charge in [0.1, 0.15) is 0 Å². The number of rotatable bonds is 2. The minimum atomic E-state index is 0.581. The maximum Gasteiger partial charge on any atom is 0.0936 e. The topological polar surface area (TPSA) is 9.23 Å². The van der Waals surface area contributed by atoms with Gasteiger partial charge in [-0.1, -0.05) is 17.9 Å². The van der Waals surface area contributed by atoms with Crippen LogP contribution in [0, 0.1) is 11.8 Å². The first-order valence-corrected chi connectivity index (χ1v) is 4.36. The lowest BCUT2D eigenvalue weighted by Crippen LogP contribution is -1.81. The molecule has 0 bridgehead atoms. The molecule has 0 rings (SSSR count). The Morgan fingerprint density at radius 1 is 1.58 bits per heavy atom. The van der Waals surface area contributed by atoms with Crippen LogP contribution < -0.4 is 0 Å². The molecule has 0 saturated carbocycles. The molecule has 0 aliphatic rings. The molecule has 0 unspecified atom stereocenters. The van der Waals surface area contributed by atoms with Gasteiger partial charge in [-0.2, -0.15) is 12.6 Å². The molecule has 0 aromatic rings. The molecular weight excluding hydrogens is 168 g/mol. The first-order valence-electron chi connectivity index (χ1n) is 3.73. The molecule has 0 N–H and O–H groups in total. The molecule has 0 saturated heterocycles. The van der Waals surface area contributed by atoms with Crippen LogP contribution in [0.15, 0.2) is 23.5 Å². The fourth-order valence-corrected chi connectivity index (χ4v) is 0.690. The summed E-state index contributed by atoms with van der Waals surface area (Å²) in [5, 5.41) is 0. The Balaban J connectivity index is 4.40. The zero-order valence-corrected chi connectivity index (χ0v) is 8.61. The molecule has 0 atom stereocenters. The smallest absolute Gasteiger partial charge is 0.0936 e. The Morgan fingerprint density at radius 3 is 2.67 bits per heavy atom. The second kappa shape index (κ2) is 6.87. The van der Waals surface area contributed by atoms with E-state index in [0.717, 1.165) is 11.3 Å². The second-order valence-corrected chi connectivity index (χ2v) is 2.48. The lowest BCUT2D eigenvalue weighted by Gasteiger charge is -1.96. The normalized spacial score (nSPS) is 12.0. The molecule has 66 valence electrons. The Morgan fingerprint density at radius 2 is 2.25 bits per heavy atom. The summed E-state index contributed by atoms with van der Waals surface area (Å²) in [4.78, 5) is 0. The van der Waals surface area contributed by atoms with Crippen LogP contribution in [0.3, 0.4) is 0 Å². The van der Waals surface area contributed by atoms with E-state index < -0.39 is 0 Å². The summed E-state index contributed by atoms with van der Waals surface area (Å²) >= 11 is 3.99. The van der Waals surface area contributed by atoms with Gasteiger partial charge >= 0.3 is 0 Å². The molecule has 0 spiro atoms. The van der Waals surface area contributed by atoms with Gasteiger partial charge in [-0.15, -0.1) is 0 Å². The molecular formula is C10H14OS. The summed E-state index contributed by atoms with van der Waals surface area (Å²) in [5.41, 5.74) is 0.961. The summed E-state index contributed by atoms with van der Waals surface area (Å²) in [6, 6.07) is 0. The highest BCUT2D eigenvalue weighted by atomic mass is 32.1.